The second-order valence-corrected chi connectivity index (χ2v) is 8.26. The monoisotopic (exact) mass is 357 g/mol. The zero-order chi connectivity index (χ0) is 18.0. The van der Waals surface area contributed by atoms with Crippen LogP contribution >= 0.6 is 11.3 Å². The third-order valence-electron chi connectivity index (χ3n) is 3.96. The second kappa shape index (κ2) is 6.88. The average molecular weight is 357 g/mol. The molecule has 0 spiro atoms. The van der Waals surface area contributed by atoms with Crippen molar-refractivity contribution in [1.29, 1.82) is 0 Å². The lowest BCUT2D eigenvalue weighted by molar-refractivity contribution is 0.0919. The summed E-state index contributed by atoms with van der Waals surface area (Å²) in [6.45, 7) is 7.15. The van der Waals surface area contributed by atoms with Gasteiger partial charge in [-0.05, 0) is 62.4 Å². The van der Waals surface area contributed by atoms with Gasteiger partial charge < -0.3 is 15.5 Å². The van der Waals surface area contributed by atoms with E-state index in [-0.39, 0.29) is 17.5 Å². The number of carbonyl (C=O) groups is 2. The van der Waals surface area contributed by atoms with Crippen LogP contribution in [0.25, 0.3) is 0 Å². The highest BCUT2D eigenvalue weighted by Crippen LogP contribution is 2.24. The number of nitrogens with one attached hydrogen (secondary N) is 2. The molecule has 25 heavy (non-hydrogen) atoms. The minimum Gasteiger partial charge on any atom is -0.347 e. The molecule has 0 saturated heterocycles. The van der Waals surface area contributed by atoms with Gasteiger partial charge in [0.15, 0.2) is 0 Å². The van der Waals surface area contributed by atoms with Crippen LogP contribution in [0.2, 0.25) is 0 Å². The fraction of sp³-hybridized carbons (Fsp3) is 0.368. The SMILES string of the molecule is CC(C)(C)NC(=O)c1cccc(NC(=O)N2CCc3sccc3C2)c1. The molecule has 0 radical (unpaired) electrons. The van der Waals surface area contributed by atoms with Gasteiger partial charge >= 0.3 is 6.03 Å². The lowest BCUT2D eigenvalue weighted by Crippen LogP contribution is -2.40. The van der Waals surface area contributed by atoms with Gasteiger partial charge in [-0.15, -0.1) is 11.3 Å². The summed E-state index contributed by atoms with van der Waals surface area (Å²) < 4.78 is 0. The number of nitrogens with zero attached hydrogens (tertiary/aromatic N) is 1. The van der Waals surface area contributed by atoms with Crippen LogP contribution in [0.3, 0.4) is 0 Å². The van der Waals surface area contributed by atoms with Gasteiger partial charge in [0.1, 0.15) is 0 Å². The summed E-state index contributed by atoms with van der Waals surface area (Å²) in [5.74, 6) is -0.149. The summed E-state index contributed by atoms with van der Waals surface area (Å²) >= 11 is 1.75. The molecule has 0 saturated carbocycles. The predicted octanol–water partition coefficient (Wildman–Crippen LogP) is 3.87. The molecular formula is C19H23N3O2S. The van der Waals surface area contributed by atoms with Crippen molar-refractivity contribution in [3.8, 4) is 0 Å². The van der Waals surface area contributed by atoms with Crippen LogP contribution < -0.4 is 10.6 Å². The first-order chi connectivity index (χ1) is 11.8. The van der Waals surface area contributed by atoms with Crippen molar-refractivity contribution >= 4 is 29.0 Å². The molecule has 1 aromatic heterocycles. The molecule has 0 aliphatic carbocycles. The molecular weight excluding hydrogens is 334 g/mol. The minimum atomic E-state index is -0.303. The average Bonchev–Trinajstić information content (AvgIpc) is 3.01. The topological polar surface area (TPSA) is 61.4 Å². The zero-order valence-corrected chi connectivity index (χ0v) is 15.6. The highest BCUT2D eigenvalue weighted by atomic mass is 32.1. The highest BCUT2D eigenvalue weighted by Gasteiger charge is 2.22. The van der Waals surface area contributed by atoms with Crippen molar-refractivity contribution < 1.29 is 9.59 Å². The van der Waals surface area contributed by atoms with E-state index >= 15 is 0 Å². The van der Waals surface area contributed by atoms with E-state index in [4.69, 9.17) is 0 Å². The standard InChI is InChI=1S/C19H23N3O2S/c1-19(2,3)21-17(23)13-5-4-6-15(11-13)20-18(24)22-9-7-16-14(12-22)8-10-25-16/h4-6,8,10-11H,7,9,12H2,1-3H3,(H,20,24)(H,21,23). The molecule has 6 heteroatoms. The first-order valence-corrected chi connectivity index (χ1v) is 9.23. The second-order valence-electron chi connectivity index (χ2n) is 7.26. The third-order valence-corrected chi connectivity index (χ3v) is 4.98. The molecule has 0 fully saturated rings. The quantitative estimate of drug-likeness (QED) is 0.857. The van der Waals surface area contributed by atoms with E-state index in [0.29, 0.717) is 24.3 Å². The van der Waals surface area contributed by atoms with Crippen LogP contribution in [0.15, 0.2) is 35.7 Å². The Morgan fingerprint density at radius 1 is 1.20 bits per heavy atom. The normalized spacial score (nSPS) is 14.0. The molecule has 5 nitrogen and oxygen atoms in total. The first-order valence-electron chi connectivity index (χ1n) is 8.35. The van der Waals surface area contributed by atoms with Crippen molar-refractivity contribution in [2.24, 2.45) is 0 Å². The Hall–Kier alpha value is -2.34. The van der Waals surface area contributed by atoms with Gasteiger partial charge in [-0.25, -0.2) is 4.79 Å². The van der Waals surface area contributed by atoms with E-state index in [2.05, 4.69) is 22.1 Å². The van der Waals surface area contributed by atoms with Crippen molar-refractivity contribution in [2.75, 3.05) is 11.9 Å². The number of amides is 3. The zero-order valence-electron chi connectivity index (χ0n) is 14.8. The van der Waals surface area contributed by atoms with Crippen LogP contribution in [-0.2, 0) is 13.0 Å². The summed E-state index contributed by atoms with van der Waals surface area (Å²) in [7, 11) is 0. The van der Waals surface area contributed by atoms with E-state index < -0.39 is 0 Å². The third kappa shape index (κ3) is 4.39. The maximum Gasteiger partial charge on any atom is 0.322 e. The Morgan fingerprint density at radius 3 is 2.76 bits per heavy atom. The Labute approximate surface area is 152 Å². The molecule has 0 atom stereocenters. The number of benzene rings is 1. The van der Waals surface area contributed by atoms with Crippen LogP contribution in [0.5, 0.6) is 0 Å². The minimum absolute atomic E-state index is 0.134. The van der Waals surface area contributed by atoms with Crippen LogP contribution in [0.4, 0.5) is 10.5 Å². The molecule has 1 aromatic carbocycles. The Kier molecular flexibility index (Phi) is 4.81. The molecule has 1 aliphatic rings. The van der Waals surface area contributed by atoms with Gasteiger partial charge in [0.25, 0.3) is 5.91 Å². The van der Waals surface area contributed by atoms with Crippen molar-refractivity contribution in [3.05, 3.63) is 51.7 Å². The summed E-state index contributed by atoms with van der Waals surface area (Å²) in [5.41, 5.74) is 2.08. The van der Waals surface area contributed by atoms with E-state index in [9.17, 15) is 9.59 Å². The first kappa shape index (κ1) is 17.5. The number of hydrogen-bond acceptors (Lipinski definition) is 3. The number of urea groups is 1. The van der Waals surface area contributed by atoms with Crippen molar-refractivity contribution in [1.82, 2.24) is 10.2 Å². The maximum absolute atomic E-state index is 12.5. The molecule has 1 aliphatic heterocycles. The Balaban J connectivity index is 1.66. The van der Waals surface area contributed by atoms with Gasteiger partial charge in [-0.1, -0.05) is 6.07 Å². The highest BCUT2D eigenvalue weighted by molar-refractivity contribution is 7.10. The molecule has 3 rings (SSSR count). The molecule has 2 N–H and O–H groups in total. The van der Waals surface area contributed by atoms with Crippen molar-refractivity contribution in [2.45, 2.75) is 39.3 Å². The molecule has 0 bridgehead atoms. The van der Waals surface area contributed by atoms with E-state index in [1.165, 1.54) is 10.4 Å². The number of hydrogen-bond donors (Lipinski definition) is 2. The van der Waals surface area contributed by atoms with Crippen LogP contribution in [-0.4, -0.2) is 28.9 Å². The van der Waals surface area contributed by atoms with E-state index in [1.807, 2.05) is 20.8 Å². The largest absolute Gasteiger partial charge is 0.347 e. The predicted molar refractivity (Wildman–Crippen MR) is 101 cm³/mol. The summed E-state index contributed by atoms with van der Waals surface area (Å²) in [4.78, 5) is 28.0. The number of carbonyl (C=O) groups excluding carboxylic acids is 2. The lowest BCUT2D eigenvalue weighted by atomic mass is 10.1. The Bertz CT molecular complexity index is 792. The number of thiophene rings is 1. The van der Waals surface area contributed by atoms with Gasteiger partial charge in [-0.3, -0.25) is 4.79 Å². The summed E-state index contributed by atoms with van der Waals surface area (Å²) in [6, 6.07) is 8.97. The summed E-state index contributed by atoms with van der Waals surface area (Å²) in [5, 5.41) is 7.90. The smallest absolute Gasteiger partial charge is 0.322 e. The molecule has 132 valence electrons. The van der Waals surface area contributed by atoms with E-state index in [1.54, 1.807) is 40.5 Å². The van der Waals surface area contributed by atoms with Gasteiger partial charge in [0.2, 0.25) is 0 Å². The Morgan fingerprint density at radius 2 is 2.00 bits per heavy atom. The summed E-state index contributed by atoms with van der Waals surface area (Å²) in [6.07, 6.45) is 0.897. The van der Waals surface area contributed by atoms with E-state index in [0.717, 1.165) is 6.42 Å². The van der Waals surface area contributed by atoms with Crippen LogP contribution in [0.1, 0.15) is 41.6 Å². The maximum atomic E-state index is 12.5. The number of fused-ring (bicyclic) bond motifs is 1. The molecule has 2 aromatic rings. The number of rotatable bonds is 2. The van der Waals surface area contributed by atoms with Gasteiger partial charge in [-0.2, -0.15) is 0 Å². The number of anilines is 1. The molecule has 2 heterocycles. The fourth-order valence-electron chi connectivity index (χ4n) is 2.78. The van der Waals surface area contributed by atoms with Crippen molar-refractivity contribution in [3.63, 3.8) is 0 Å². The fourth-order valence-corrected chi connectivity index (χ4v) is 3.66. The lowest BCUT2D eigenvalue weighted by Gasteiger charge is -2.27. The van der Waals surface area contributed by atoms with Gasteiger partial charge in [0, 0.05) is 34.8 Å². The molecule has 3 amide bonds. The molecule has 0 unspecified atom stereocenters. The van der Waals surface area contributed by atoms with Gasteiger partial charge in [0.05, 0.1) is 0 Å². The van der Waals surface area contributed by atoms with Crippen LogP contribution in [0, 0.1) is 0 Å².